The Labute approximate surface area is 195 Å². The molecule has 1 N–H and O–H groups in total. The van der Waals surface area contributed by atoms with Gasteiger partial charge in [-0.15, -0.1) is 0 Å². The van der Waals surface area contributed by atoms with Gasteiger partial charge in [0, 0.05) is 19.2 Å². The highest BCUT2D eigenvalue weighted by Gasteiger charge is 2.20. The van der Waals surface area contributed by atoms with E-state index in [9.17, 15) is 14.0 Å². The summed E-state index contributed by atoms with van der Waals surface area (Å²) in [5.74, 6) is 0.629. The van der Waals surface area contributed by atoms with Crippen molar-refractivity contribution >= 4 is 11.6 Å². The van der Waals surface area contributed by atoms with Crippen LogP contribution >= 0.6 is 0 Å². The van der Waals surface area contributed by atoms with Crippen molar-refractivity contribution in [3.05, 3.63) is 81.7 Å². The second-order valence-corrected chi connectivity index (χ2v) is 7.83. The van der Waals surface area contributed by atoms with Crippen LogP contribution in [-0.4, -0.2) is 38.2 Å². The summed E-state index contributed by atoms with van der Waals surface area (Å²) < 4.78 is 35.3. The van der Waals surface area contributed by atoms with E-state index in [-0.39, 0.29) is 11.4 Å². The molecule has 2 heterocycles. The summed E-state index contributed by atoms with van der Waals surface area (Å²) in [4.78, 5) is 26.6. The quantitative estimate of drug-likeness (QED) is 0.542. The molecule has 0 radical (unpaired) electrons. The number of nitrogens with zero attached hydrogens (tertiary/aromatic N) is 1. The highest BCUT2D eigenvalue weighted by Crippen LogP contribution is 2.33. The Morgan fingerprint density at radius 2 is 1.82 bits per heavy atom. The van der Waals surface area contributed by atoms with Crippen LogP contribution in [0.3, 0.4) is 0 Å². The molecule has 0 aliphatic carbocycles. The van der Waals surface area contributed by atoms with E-state index in [1.807, 2.05) is 12.1 Å². The van der Waals surface area contributed by atoms with E-state index >= 15 is 0 Å². The second-order valence-electron chi connectivity index (χ2n) is 7.83. The number of carbonyl (C=O) groups excluding carboxylic acids is 1. The molecule has 3 aromatic rings. The van der Waals surface area contributed by atoms with E-state index in [0.717, 1.165) is 18.5 Å². The minimum absolute atomic E-state index is 0.0395. The minimum atomic E-state index is -0.590. The molecule has 2 aromatic carbocycles. The predicted molar refractivity (Wildman–Crippen MR) is 123 cm³/mol. The third kappa shape index (κ3) is 5.37. The number of anilines is 1. The summed E-state index contributed by atoms with van der Waals surface area (Å²) >= 11 is 0. The summed E-state index contributed by atoms with van der Waals surface area (Å²) in [6, 6.07) is 11.1. The predicted octanol–water partition coefficient (Wildman–Crippen LogP) is 3.37. The van der Waals surface area contributed by atoms with E-state index in [1.54, 1.807) is 20.3 Å². The molecule has 9 heteroatoms. The molecule has 0 bridgehead atoms. The van der Waals surface area contributed by atoms with Gasteiger partial charge in [0.1, 0.15) is 17.8 Å². The van der Waals surface area contributed by atoms with Crippen molar-refractivity contribution in [3.8, 4) is 17.2 Å². The first kappa shape index (κ1) is 23.3. The number of para-hydroxylation sites is 1. The van der Waals surface area contributed by atoms with Crippen LogP contribution in [0.4, 0.5) is 10.1 Å². The SMILES string of the molecule is COc1cc2c(cc1OC)CN(Cc1cc(=O)c(OCC(=O)Nc3ccccc3F)co1)CC2. The second kappa shape index (κ2) is 10.4. The summed E-state index contributed by atoms with van der Waals surface area (Å²) in [6.45, 7) is 1.46. The highest BCUT2D eigenvalue weighted by atomic mass is 19.1. The maximum Gasteiger partial charge on any atom is 0.262 e. The van der Waals surface area contributed by atoms with Crippen molar-refractivity contribution in [2.45, 2.75) is 19.5 Å². The van der Waals surface area contributed by atoms with Crippen LogP contribution in [0.25, 0.3) is 0 Å². The van der Waals surface area contributed by atoms with Crippen LogP contribution < -0.4 is 25.0 Å². The first-order valence-electron chi connectivity index (χ1n) is 10.7. The van der Waals surface area contributed by atoms with Gasteiger partial charge in [-0.3, -0.25) is 14.5 Å². The van der Waals surface area contributed by atoms with Crippen LogP contribution in [0.1, 0.15) is 16.9 Å². The van der Waals surface area contributed by atoms with E-state index in [2.05, 4.69) is 10.2 Å². The minimum Gasteiger partial charge on any atom is -0.493 e. The molecule has 0 fully saturated rings. The lowest BCUT2D eigenvalue weighted by atomic mass is 9.98. The van der Waals surface area contributed by atoms with E-state index in [0.29, 0.717) is 30.3 Å². The zero-order valence-electron chi connectivity index (χ0n) is 18.9. The fourth-order valence-electron chi connectivity index (χ4n) is 3.82. The Morgan fingerprint density at radius 1 is 1.09 bits per heavy atom. The number of nitrogens with one attached hydrogen (secondary N) is 1. The van der Waals surface area contributed by atoms with E-state index in [4.69, 9.17) is 18.6 Å². The molecule has 34 heavy (non-hydrogen) atoms. The van der Waals surface area contributed by atoms with Gasteiger partial charge in [-0.25, -0.2) is 4.39 Å². The lowest BCUT2D eigenvalue weighted by Crippen LogP contribution is -2.30. The Morgan fingerprint density at radius 3 is 2.53 bits per heavy atom. The molecule has 1 aliphatic heterocycles. The number of amides is 1. The summed E-state index contributed by atoms with van der Waals surface area (Å²) in [6.07, 6.45) is 2.03. The third-order valence-corrected chi connectivity index (χ3v) is 5.54. The largest absolute Gasteiger partial charge is 0.493 e. The molecule has 8 nitrogen and oxygen atoms in total. The molecule has 0 atom stereocenters. The Balaban J connectivity index is 1.35. The van der Waals surface area contributed by atoms with Gasteiger partial charge in [-0.2, -0.15) is 0 Å². The van der Waals surface area contributed by atoms with Crippen molar-refractivity contribution in [1.29, 1.82) is 0 Å². The number of ether oxygens (including phenoxy) is 3. The first-order chi connectivity index (χ1) is 16.5. The molecule has 1 aliphatic rings. The van der Waals surface area contributed by atoms with Gasteiger partial charge in [0.2, 0.25) is 11.2 Å². The van der Waals surface area contributed by atoms with Crippen LogP contribution in [0.2, 0.25) is 0 Å². The van der Waals surface area contributed by atoms with Gasteiger partial charge in [-0.1, -0.05) is 12.1 Å². The van der Waals surface area contributed by atoms with Crippen molar-refractivity contribution < 1.29 is 27.8 Å². The number of halogens is 1. The number of methoxy groups -OCH3 is 2. The van der Waals surface area contributed by atoms with Gasteiger partial charge in [0.05, 0.1) is 26.5 Å². The van der Waals surface area contributed by atoms with Crippen LogP contribution in [0, 0.1) is 5.82 Å². The van der Waals surface area contributed by atoms with Gasteiger partial charge < -0.3 is 23.9 Å². The highest BCUT2D eigenvalue weighted by molar-refractivity contribution is 5.91. The third-order valence-electron chi connectivity index (χ3n) is 5.54. The smallest absolute Gasteiger partial charge is 0.262 e. The van der Waals surface area contributed by atoms with E-state index in [1.165, 1.54) is 36.1 Å². The van der Waals surface area contributed by atoms with Crippen molar-refractivity contribution in [1.82, 2.24) is 4.90 Å². The Kier molecular flexibility index (Phi) is 7.12. The normalized spacial score (nSPS) is 13.1. The van der Waals surface area contributed by atoms with E-state index < -0.39 is 23.8 Å². The maximum absolute atomic E-state index is 13.6. The van der Waals surface area contributed by atoms with Crippen molar-refractivity contribution in [2.75, 3.05) is 32.7 Å². The molecular formula is C25H25FN2O6. The molecule has 1 aromatic heterocycles. The van der Waals surface area contributed by atoms with Crippen molar-refractivity contribution in [3.63, 3.8) is 0 Å². The summed E-state index contributed by atoms with van der Waals surface area (Å²) in [5.41, 5.74) is 1.97. The molecule has 0 saturated carbocycles. The molecule has 0 saturated heterocycles. The molecule has 1 amide bonds. The zero-order chi connectivity index (χ0) is 24.1. The lowest BCUT2D eigenvalue weighted by molar-refractivity contribution is -0.118. The van der Waals surface area contributed by atoms with Gasteiger partial charge in [-0.05, 0) is 41.8 Å². The average molecular weight is 468 g/mol. The van der Waals surface area contributed by atoms with Gasteiger partial charge in [0.25, 0.3) is 5.91 Å². The molecule has 0 unspecified atom stereocenters. The fourth-order valence-corrected chi connectivity index (χ4v) is 3.82. The number of fused-ring (bicyclic) bond motifs is 1. The number of rotatable bonds is 8. The van der Waals surface area contributed by atoms with Gasteiger partial charge >= 0.3 is 0 Å². The monoisotopic (exact) mass is 468 g/mol. The topological polar surface area (TPSA) is 90.2 Å². The molecule has 178 valence electrons. The number of carbonyl (C=O) groups is 1. The maximum atomic E-state index is 13.6. The fraction of sp³-hybridized carbons (Fsp3) is 0.280. The van der Waals surface area contributed by atoms with Crippen LogP contribution in [0.15, 0.2) is 57.9 Å². The van der Waals surface area contributed by atoms with Gasteiger partial charge in [0.15, 0.2) is 18.1 Å². The number of hydrogen-bond acceptors (Lipinski definition) is 7. The first-order valence-corrected chi connectivity index (χ1v) is 10.7. The van der Waals surface area contributed by atoms with Crippen LogP contribution in [0.5, 0.6) is 17.2 Å². The standard InChI is InChI=1S/C25H25FN2O6/c1-31-22-9-16-7-8-28(12-17(16)10-23(22)32-2)13-18-11-21(29)24(14-33-18)34-15-25(30)27-20-6-4-3-5-19(20)26/h3-6,9-11,14H,7-8,12-13,15H2,1-2H3,(H,27,30). The Hall–Kier alpha value is -3.85. The summed E-state index contributed by atoms with van der Waals surface area (Å²) in [5, 5.41) is 2.39. The molecule has 0 spiro atoms. The lowest BCUT2D eigenvalue weighted by Gasteiger charge is -2.29. The molecular weight excluding hydrogens is 443 g/mol. The zero-order valence-corrected chi connectivity index (χ0v) is 18.9. The Bertz CT molecular complexity index is 1240. The molecule has 4 rings (SSSR count). The van der Waals surface area contributed by atoms with Crippen LogP contribution in [-0.2, 0) is 24.3 Å². The van der Waals surface area contributed by atoms with Crippen molar-refractivity contribution in [2.24, 2.45) is 0 Å². The average Bonchev–Trinajstić information content (AvgIpc) is 2.84. The number of hydrogen-bond donors (Lipinski definition) is 1. The summed E-state index contributed by atoms with van der Waals surface area (Å²) in [7, 11) is 3.22. The number of benzene rings is 2.